The zero-order valence-corrected chi connectivity index (χ0v) is 22.8. The van der Waals surface area contributed by atoms with E-state index in [9.17, 15) is 9.90 Å². The fourth-order valence-electron chi connectivity index (χ4n) is 5.53. The van der Waals surface area contributed by atoms with Crippen LogP contribution < -0.4 is 15.0 Å². The van der Waals surface area contributed by atoms with Gasteiger partial charge in [-0.15, -0.1) is 0 Å². The summed E-state index contributed by atoms with van der Waals surface area (Å²) in [7, 11) is 3.27. The van der Waals surface area contributed by atoms with Gasteiger partial charge < -0.3 is 33.6 Å². The van der Waals surface area contributed by atoms with E-state index < -0.39 is 24.0 Å². The van der Waals surface area contributed by atoms with E-state index in [0.717, 1.165) is 28.2 Å². The fraction of sp³-hybridized carbons (Fsp3) is 0.250. The zero-order chi connectivity index (χ0) is 28.4. The molecule has 3 atom stereocenters. The van der Waals surface area contributed by atoms with Crippen molar-refractivity contribution in [1.29, 1.82) is 0 Å². The number of ether oxygens (including phenoxy) is 4. The normalized spacial score (nSPS) is 19.0. The molecule has 3 aromatic carbocycles. The second-order valence-corrected chi connectivity index (χ2v) is 9.94. The number of aromatic amines is 1. The molecule has 0 bridgehead atoms. The minimum Gasteiger partial charge on any atom is -0.497 e. The van der Waals surface area contributed by atoms with E-state index in [-0.39, 0.29) is 12.2 Å². The molecular weight excluding hydrogens is 522 g/mol. The number of hydrogen-bond donors (Lipinski definition) is 2. The maximum absolute atomic E-state index is 12.2. The average Bonchev–Trinajstić information content (AvgIpc) is 3.62. The Hall–Kier alpha value is -4.44. The Labute approximate surface area is 236 Å². The van der Waals surface area contributed by atoms with Gasteiger partial charge in [0.1, 0.15) is 35.1 Å². The van der Waals surface area contributed by atoms with Crippen LogP contribution >= 0.6 is 0 Å². The lowest BCUT2D eigenvalue weighted by Crippen LogP contribution is -2.38. The topological polar surface area (TPSA) is 108 Å². The van der Waals surface area contributed by atoms with E-state index >= 15 is 0 Å². The largest absolute Gasteiger partial charge is 0.497 e. The highest BCUT2D eigenvalue weighted by Gasteiger charge is 2.42. The predicted molar refractivity (Wildman–Crippen MR) is 153 cm³/mol. The number of methoxy groups -OCH3 is 2. The summed E-state index contributed by atoms with van der Waals surface area (Å²) in [5.41, 5.74) is 1.94. The standard InChI is InChI=1S/C32H31N3O6/c1-38-24-12-8-22(9-13-24)32(21-6-4-3-5-7-21,23-10-14-25(39-2)15-11-23)40-19-28-27(36)18-29(41-28)35-17-16-26-30(35)33-20-34-31(26)37/h3-17,20,27-29,36H,18-19H2,1-2H3,(H,33,34,37)/t27-,28-,29-/m1/s1. The molecule has 3 heterocycles. The third-order valence-electron chi connectivity index (χ3n) is 7.67. The predicted octanol–water partition coefficient (Wildman–Crippen LogP) is 4.40. The first-order chi connectivity index (χ1) is 20.0. The Kier molecular flexibility index (Phi) is 7.32. The molecule has 0 radical (unpaired) electrons. The van der Waals surface area contributed by atoms with Crippen molar-refractivity contribution in [3.8, 4) is 11.5 Å². The number of aliphatic hydroxyl groups is 1. The number of rotatable bonds is 9. The van der Waals surface area contributed by atoms with Crippen molar-refractivity contribution in [3.05, 3.63) is 124 Å². The summed E-state index contributed by atoms with van der Waals surface area (Å²) in [5, 5.41) is 11.6. The van der Waals surface area contributed by atoms with Crippen LogP contribution in [0.5, 0.6) is 11.5 Å². The van der Waals surface area contributed by atoms with Gasteiger partial charge in [-0.2, -0.15) is 0 Å². The molecule has 210 valence electrons. The van der Waals surface area contributed by atoms with Gasteiger partial charge in [0.25, 0.3) is 5.56 Å². The summed E-state index contributed by atoms with van der Waals surface area (Å²) in [6.45, 7) is 0.0951. The zero-order valence-electron chi connectivity index (χ0n) is 22.8. The molecule has 2 aromatic heterocycles. The summed E-state index contributed by atoms with van der Waals surface area (Å²) in [4.78, 5) is 19.1. The first-order valence-electron chi connectivity index (χ1n) is 13.4. The van der Waals surface area contributed by atoms with Crippen molar-refractivity contribution in [2.45, 2.75) is 30.5 Å². The van der Waals surface area contributed by atoms with Gasteiger partial charge in [0.2, 0.25) is 0 Å². The first kappa shape index (κ1) is 26.8. The van der Waals surface area contributed by atoms with Crippen LogP contribution in [0.15, 0.2) is 102 Å². The molecule has 2 N–H and O–H groups in total. The van der Waals surface area contributed by atoms with Gasteiger partial charge in [0.05, 0.1) is 38.6 Å². The lowest BCUT2D eigenvalue weighted by Gasteiger charge is -2.37. The van der Waals surface area contributed by atoms with Crippen LogP contribution in [0.3, 0.4) is 0 Å². The summed E-state index contributed by atoms with van der Waals surface area (Å²) in [6.07, 6.45) is 1.54. The monoisotopic (exact) mass is 553 g/mol. The van der Waals surface area contributed by atoms with Crippen LogP contribution in [-0.4, -0.2) is 52.7 Å². The molecule has 1 fully saturated rings. The lowest BCUT2D eigenvalue weighted by atomic mass is 9.80. The van der Waals surface area contributed by atoms with Gasteiger partial charge in [-0.1, -0.05) is 54.6 Å². The molecule has 0 unspecified atom stereocenters. The molecule has 0 amide bonds. The van der Waals surface area contributed by atoms with Crippen LogP contribution in [0.25, 0.3) is 11.0 Å². The molecule has 6 rings (SSSR count). The number of H-pyrrole nitrogens is 1. The minimum absolute atomic E-state index is 0.0951. The first-order valence-corrected chi connectivity index (χ1v) is 13.4. The Morgan fingerprint density at radius 1 is 0.927 bits per heavy atom. The highest BCUT2D eigenvalue weighted by molar-refractivity contribution is 5.74. The van der Waals surface area contributed by atoms with Crippen molar-refractivity contribution < 1.29 is 24.1 Å². The lowest BCUT2D eigenvalue weighted by molar-refractivity contribution is -0.0930. The average molecular weight is 554 g/mol. The van der Waals surface area contributed by atoms with Crippen LogP contribution in [0.2, 0.25) is 0 Å². The molecule has 0 saturated carbocycles. The van der Waals surface area contributed by atoms with Crippen LogP contribution in [0.1, 0.15) is 29.3 Å². The number of aliphatic hydroxyl groups excluding tert-OH is 1. The van der Waals surface area contributed by atoms with Crippen molar-refractivity contribution in [1.82, 2.24) is 14.5 Å². The number of aromatic nitrogens is 3. The quantitative estimate of drug-likeness (QED) is 0.261. The highest BCUT2D eigenvalue weighted by atomic mass is 16.6. The maximum atomic E-state index is 12.2. The van der Waals surface area contributed by atoms with Crippen molar-refractivity contribution in [3.63, 3.8) is 0 Å². The molecule has 5 aromatic rings. The summed E-state index contributed by atoms with van der Waals surface area (Å²) in [6, 6.07) is 27.2. The number of hydrogen-bond acceptors (Lipinski definition) is 7. The van der Waals surface area contributed by atoms with Gasteiger partial charge in [-0.25, -0.2) is 4.98 Å². The van der Waals surface area contributed by atoms with Crippen LogP contribution in [0.4, 0.5) is 0 Å². The van der Waals surface area contributed by atoms with E-state index in [0.29, 0.717) is 17.5 Å². The van der Waals surface area contributed by atoms with Gasteiger partial charge in [0, 0.05) is 12.6 Å². The van der Waals surface area contributed by atoms with E-state index in [4.69, 9.17) is 18.9 Å². The van der Waals surface area contributed by atoms with Gasteiger partial charge in [0.15, 0.2) is 0 Å². The Balaban J connectivity index is 1.37. The van der Waals surface area contributed by atoms with Gasteiger partial charge >= 0.3 is 0 Å². The van der Waals surface area contributed by atoms with E-state index in [1.807, 2.05) is 78.9 Å². The molecule has 9 nitrogen and oxygen atoms in total. The summed E-state index contributed by atoms with van der Waals surface area (Å²) in [5.74, 6) is 1.46. The SMILES string of the molecule is COc1ccc(C(OC[C@H]2O[C@@H](n3ccc4c(=O)[nH]cnc43)C[C@H]2O)(c2ccccc2)c2ccc(OC)cc2)cc1. The fourth-order valence-corrected chi connectivity index (χ4v) is 5.53. The van der Waals surface area contributed by atoms with Gasteiger partial charge in [-0.05, 0) is 47.0 Å². The molecule has 1 aliphatic heterocycles. The minimum atomic E-state index is -1.03. The Bertz CT molecular complexity index is 1620. The summed E-state index contributed by atoms with van der Waals surface area (Å²) < 4.78 is 25.9. The smallest absolute Gasteiger partial charge is 0.260 e. The molecule has 9 heteroatoms. The molecule has 0 spiro atoms. The highest BCUT2D eigenvalue weighted by Crippen LogP contribution is 2.43. The molecular formula is C32H31N3O6. The van der Waals surface area contributed by atoms with Crippen molar-refractivity contribution in [2.24, 2.45) is 0 Å². The van der Waals surface area contributed by atoms with E-state index in [2.05, 4.69) is 9.97 Å². The number of benzene rings is 3. The van der Waals surface area contributed by atoms with E-state index in [1.165, 1.54) is 6.33 Å². The van der Waals surface area contributed by atoms with Crippen LogP contribution in [0, 0.1) is 0 Å². The number of nitrogens with zero attached hydrogens (tertiary/aromatic N) is 2. The summed E-state index contributed by atoms with van der Waals surface area (Å²) >= 11 is 0. The Morgan fingerprint density at radius 2 is 1.54 bits per heavy atom. The molecule has 1 aliphatic rings. The van der Waals surface area contributed by atoms with E-state index in [1.54, 1.807) is 31.0 Å². The molecule has 41 heavy (non-hydrogen) atoms. The van der Waals surface area contributed by atoms with Gasteiger partial charge in [-0.3, -0.25) is 4.79 Å². The second kappa shape index (κ2) is 11.2. The van der Waals surface area contributed by atoms with Crippen LogP contribution in [-0.2, 0) is 15.1 Å². The molecule has 0 aliphatic carbocycles. The third-order valence-corrected chi connectivity index (χ3v) is 7.67. The third kappa shape index (κ3) is 4.88. The maximum Gasteiger partial charge on any atom is 0.260 e. The Morgan fingerprint density at radius 3 is 2.15 bits per heavy atom. The molecule has 1 saturated heterocycles. The van der Waals surface area contributed by atoms with Crippen molar-refractivity contribution >= 4 is 11.0 Å². The second-order valence-electron chi connectivity index (χ2n) is 9.94. The number of fused-ring (bicyclic) bond motifs is 1. The van der Waals surface area contributed by atoms with Crippen molar-refractivity contribution in [2.75, 3.05) is 20.8 Å². The number of nitrogens with one attached hydrogen (secondary N) is 1.